The van der Waals surface area contributed by atoms with Gasteiger partial charge in [-0.3, -0.25) is 4.79 Å². The van der Waals surface area contributed by atoms with Crippen molar-refractivity contribution in [3.63, 3.8) is 0 Å². The second-order valence-electron chi connectivity index (χ2n) is 6.24. The number of likely N-dealkylation sites (tertiary alicyclic amines) is 1. The normalized spacial score (nSPS) is 18.4. The first-order valence-corrected chi connectivity index (χ1v) is 7.94. The van der Waals surface area contributed by atoms with Gasteiger partial charge in [0.15, 0.2) is 0 Å². The molecule has 1 aliphatic carbocycles. The molecule has 1 saturated heterocycles. The maximum Gasteiger partial charge on any atom is 0.267 e. The molecule has 7 heteroatoms. The monoisotopic (exact) mass is 300 g/mol. The first-order valence-electron chi connectivity index (χ1n) is 7.94. The number of hydrogen-bond acceptors (Lipinski definition) is 5. The summed E-state index contributed by atoms with van der Waals surface area (Å²) in [7, 11) is 0. The molecule has 7 nitrogen and oxygen atoms in total. The van der Waals surface area contributed by atoms with Crippen molar-refractivity contribution in [2.75, 3.05) is 19.6 Å². The summed E-state index contributed by atoms with van der Waals surface area (Å²) < 4.78 is 1.67. The average molecular weight is 300 g/mol. The van der Waals surface area contributed by atoms with Crippen LogP contribution in [0.1, 0.15) is 17.7 Å². The second kappa shape index (κ2) is 5.64. The summed E-state index contributed by atoms with van der Waals surface area (Å²) in [5.74, 6) is 0.523. The molecule has 0 aromatic carbocycles. The Kier molecular flexibility index (Phi) is 3.49. The van der Waals surface area contributed by atoms with Crippen LogP contribution < -0.4 is 5.56 Å². The lowest BCUT2D eigenvalue weighted by atomic mass is 10.0. The highest BCUT2D eigenvalue weighted by Crippen LogP contribution is 2.19. The highest BCUT2D eigenvalue weighted by atomic mass is 16.1. The molecule has 2 aromatic rings. The maximum atomic E-state index is 12.1. The molecule has 2 aliphatic rings. The number of aromatic nitrogens is 5. The molecule has 0 saturated carbocycles. The summed E-state index contributed by atoms with van der Waals surface area (Å²) in [6.07, 6.45) is 6.56. The Morgan fingerprint density at radius 2 is 1.95 bits per heavy atom. The summed E-state index contributed by atoms with van der Waals surface area (Å²) in [6, 6.07) is 1.79. The van der Waals surface area contributed by atoms with E-state index in [9.17, 15) is 4.79 Å². The van der Waals surface area contributed by atoms with Gasteiger partial charge < -0.3 is 4.90 Å². The van der Waals surface area contributed by atoms with E-state index in [0.717, 1.165) is 63.2 Å². The smallest absolute Gasteiger partial charge is 0.267 e. The number of fused-ring (bicyclic) bond motifs is 1. The Hall–Kier alpha value is -2.02. The molecule has 0 atom stereocenters. The number of rotatable bonds is 5. The van der Waals surface area contributed by atoms with E-state index in [1.807, 2.05) is 0 Å². The minimum atomic E-state index is 0.0554. The number of nitrogens with zero attached hydrogens (tertiary/aromatic N) is 6. The highest BCUT2D eigenvalue weighted by molar-refractivity contribution is 5.22. The van der Waals surface area contributed by atoms with Crippen LogP contribution in [0.2, 0.25) is 0 Å². The van der Waals surface area contributed by atoms with E-state index < -0.39 is 0 Å². The van der Waals surface area contributed by atoms with Crippen LogP contribution in [-0.2, 0) is 25.9 Å². The van der Waals surface area contributed by atoms with Gasteiger partial charge in [0.1, 0.15) is 0 Å². The molecule has 22 heavy (non-hydrogen) atoms. The van der Waals surface area contributed by atoms with Crippen molar-refractivity contribution >= 4 is 0 Å². The van der Waals surface area contributed by atoms with Gasteiger partial charge in [-0.15, -0.1) is 0 Å². The largest absolute Gasteiger partial charge is 0.301 e. The van der Waals surface area contributed by atoms with Crippen LogP contribution in [0.3, 0.4) is 0 Å². The molecule has 0 spiro atoms. The zero-order valence-electron chi connectivity index (χ0n) is 12.6. The first-order chi connectivity index (χ1) is 10.8. The third kappa shape index (κ3) is 2.68. The van der Waals surface area contributed by atoms with Crippen molar-refractivity contribution in [1.82, 2.24) is 29.7 Å². The van der Waals surface area contributed by atoms with Crippen LogP contribution in [-0.4, -0.2) is 49.3 Å². The SMILES string of the molecule is O=c1cc2c(nn1CC1CN(CCn3nccn3)C1)CCC2. The lowest BCUT2D eigenvalue weighted by Gasteiger charge is -2.39. The fourth-order valence-electron chi connectivity index (χ4n) is 3.38. The molecular formula is C15H20N6O. The van der Waals surface area contributed by atoms with E-state index in [0.29, 0.717) is 5.92 Å². The van der Waals surface area contributed by atoms with Crippen molar-refractivity contribution in [3.05, 3.63) is 40.1 Å². The van der Waals surface area contributed by atoms with Crippen LogP contribution in [0.5, 0.6) is 0 Å². The van der Waals surface area contributed by atoms with E-state index in [1.165, 1.54) is 0 Å². The molecular weight excluding hydrogens is 280 g/mol. The van der Waals surface area contributed by atoms with Gasteiger partial charge in [0, 0.05) is 31.6 Å². The van der Waals surface area contributed by atoms with Crippen molar-refractivity contribution in [2.45, 2.75) is 32.4 Å². The summed E-state index contributed by atoms with van der Waals surface area (Å²) in [5.41, 5.74) is 2.34. The Morgan fingerprint density at radius 1 is 1.14 bits per heavy atom. The van der Waals surface area contributed by atoms with Crippen molar-refractivity contribution in [2.24, 2.45) is 5.92 Å². The minimum Gasteiger partial charge on any atom is -0.301 e. The third-order valence-electron chi connectivity index (χ3n) is 4.57. The van der Waals surface area contributed by atoms with Crippen LogP contribution in [0.15, 0.2) is 23.3 Å². The van der Waals surface area contributed by atoms with Crippen molar-refractivity contribution in [3.8, 4) is 0 Å². The Bertz CT molecular complexity index is 701. The van der Waals surface area contributed by atoms with Crippen molar-refractivity contribution in [1.29, 1.82) is 0 Å². The van der Waals surface area contributed by atoms with E-state index in [2.05, 4.69) is 20.2 Å². The van der Waals surface area contributed by atoms with Gasteiger partial charge in [-0.2, -0.15) is 20.1 Å². The van der Waals surface area contributed by atoms with Gasteiger partial charge in [-0.1, -0.05) is 0 Å². The van der Waals surface area contributed by atoms with E-state index >= 15 is 0 Å². The topological polar surface area (TPSA) is 68.8 Å². The predicted molar refractivity (Wildman–Crippen MR) is 80.5 cm³/mol. The molecule has 116 valence electrons. The van der Waals surface area contributed by atoms with E-state index in [-0.39, 0.29) is 5.56 Å². The summed E-state index contributed by atoms with van der Waals surface area (Å²) in [4.78, 5) is 16.2. The Balaban J connectivity index is 1.30. The quantitative estimate of drug-likeness (QED) is 0.775. The van der Waals surface area contributed by atoms with E-state index in [1.54, 1.807) is 27.9 Å². The van der Waals surface area contributed by atoms with Gasteiger partial charge >= 0.3 is 0 Å². The third-order valence-corrected chi connectivity index (χ3v) is 4.57. The van der Waals surface area contributed by atoms with Crippen LogP contribution in [0, 0.1) is 5.92 Å². The molecule has 1 fully saturated rings. The van der Waals surface area contributed by atoms with Crippen LogP contribution >= 0.6 is 0 Å². The molecule has 0 bridgehead atoms. The lowest BCUT2D eigenvalue weighted by Crippen LogP contribution is -2.50. The zero-order valence-corrected chi connectivity index (χ0v) is 12.6. The summed E-state index contributed by atoms with van der Waals surface area (Å²) >= 11 is 0. The Labute approximate surface area is 128 Å². The molecule has 0 radical (unpaired) electrons. The van der Waals surface area contributed by atoms with Crippen LogP contribution in [0.4, 0.5) is 0 Å². The second-order valence-corrected chi connectivity index (χ2v) is 6.24. The molecule has 0 amide bonds. The molecule has 2 aromatic heterocycles. The fraction of sp³-hybridized carbons (Fsp3) is 0.600. The van der Waals surface area contributed by atoms with Crippen LogP contribution in [0.25, 0.3) is 0 Å². The molecule has 3 heterocycles. The lowest BCUT2D eigenvalue weighted by molar-refractivity contribution is 0.0779. The van der Waals surface area contributed by atoms with Gasteiger partial charge in [-0.05, 0) is 24.8 Å². The first kappa shape index (κ1) is 13.6. The molecule has 0 N–H and O–H groups in total. The van der Waals surface area contributed by atoms with Crippen molar-refractivity contribution < 1.29 is 0 Å². The minimum absolute atomic E-state index is 0.0554. The van der Waals surface area contributed by atoms with Gasteiger partial charge in [0.2, 0.25) is 0 Å². The number of aryl methyl sites for hydroxylation is 2. The zero-order chi connectivity index (χ0) is 14.9. The van der Waals surface area contributed by atoms with Gasteiger partial charge in [0.25, 0.3) is 5.56 Å². The molecule has 4 rings (SSSR count). The molecule has 1 aliphatic heterocycles. The fourth-order valence-corrected chi connectivity index (χ4v) is 3.38. The molecule has 0 unspecified atom stereocenters. The van der Waals surface area contributed by atoms with Gasteiger partial charge in [0.05, 0.1) is 31.2 Å². The number of hydrogen-bond donors (Lipinski definition) is 0. The maximum absolute atomic E-state index is 12.1. The Morgan fingerprint density at radius 3 is 2.77 bits per heavy atom. The standard InChI is InChI=1S/C15H20N6O/c22-15-8-13-2-1-3-14(13)18-20(15)11-12-9-19(10-12)6-7-21-16-4-5-17-21/h4-5,8,12H,1-3,6-7,9-11H2. The average Bonchev–Trinajstić information content (AvgIpc) is 3.11. The van der Waals surface area contributed by atoms with E-state index in [4.69, 9.17) is 0 Å². The predicted octanol–water partition coefficient (Wildman–Crippen LogP) is -0.0445. The summed E-state index contributed by atoms with van der Waals surface area (Å²) in [5, 5.41) is 12.8. The summed E-state index contributed by atoms with van der Waals surface area (Å²) in [6.45, 7) is 4.55. The highest BCUT2D eigenvalue weighted by Gasteiger charge is 2.27. The van der Waals surface area contributed by atoms with Gasteiger partial charge in [-0.25, -0.2) is 4.68 Å².